The maximum absolute atomic E-state index is 13.1. The fourth-order valence-electron chi connectivity index (χ4n) is 3.29. The Morgan fingerprint density at radius 2 is 1.90 bits per heavy atom. The zero-order valence-electron chi connectivity index (χ0n) is 15.9. The van der Waals surface area contributed by atoms with E-state index in [4.69, 9.17) is 28.2 Å². The summed E-state index contributed by atoms with van der Waals surface area (Å²) in [6.07, 6.45) is 1.79. The van der Waals surface area contributed by atoms with Gasteiger partial charge in [0.1, 0.15) is 0 Å². The predicted molar refractivity (Wildman–Crippen MR) is 118 cm³/mol. The molecule has 0 atom stereocenters. The lowest BCUT2D eigenvalue weighted by atomic mass is 10.0. The highest BCUT2D eigenvalue weighted by molar-refractivity contribution is 6.42. The maximum Gasteiger partial charge on any atom is 0.256 e. The Labute approximate surface area is 178 Å². The topological polar surface area (TPSA) is 59.8 Å². The van der Waals surface area contributed by atoms with Gasteiger partial charge in [-0.25, -0.2) is 4.98 Å². The molecule has 0 aliphatic carbocycles. The molecule has 0 saturated heterocycles. The molecule has 2 aromatic heterocycles. The third-order valence-corrected chi connectivity index (χ3v) is 5.56. The first-order valence-electron chi connectivity index (χ1n) is 9.17. The van der Waals surface area contributed by atoms with E-state index in [-0.39, 0.29) is 5.91 Å². The number of anilines is 1. The largest absolute Gasteiger partial charge is 0.322 e. The molecule has 0 saturated carbocycles. The molecule has 0 unspecified atom stereocenters. The monoisotopic (exact) mass is 424 g/mol. The van der Waals surface area contributed by atoms with Crippen LogP contribution < -0.4 is 5.32 Å². The van der Waals surface area contributed by atoms with Crippen molar-refractivity contribution in [2.45, 2.75) is 20.4 Å². The van der Waals surface area contributed by atoms with E-state index in [1.165, 1.54) is 0 Å². The van der Waals surface area contributed by atoms with Crippen LogP contribution in [0.4, 0.5) is 5.69 Å². The molecule has 2 heterocycles. The number of aryl methyl sites for hydroxylation is 1. The van der Waals surface area contributed by atoms with Gasteiger partial charge in [-0.3, -0.25) is 9.48 Å². The summed E-state index contributed by atoms with van der Waals surface area (Å²) in [5.74, 6) is -0.247. The fraction of sp³-hybridized carbons (Fsp3) is 0.136. The number of aromatic nitrogens is 3. The fourth-order valence-corrected chi connectivity index (χ4v) is 3.59. The average Bonchev–Trinajstić information content (AvgIpc) is 3.10. The first kappa shape index (κ1) is 19.4. The van der Waals surface area contributed by atoms with E-state index in [2.05, 4.69) is 10.4 Å². The Bertz CT molecular complexity index is 1230. The van der Waals surface area contributed by atoms with Gasteiger partial charge in [-0.15, -0.1) is 0 Å². The van der Waals surface area contributed by atoms with Crippen LogP contribution >= 0.6 is 23.2 Å². The van der Waals surface area contributed by atoms with Gasteiger partial charge >= 0.3 is 0 Å². The number of hydrogen-bond acceptors (Lipinski definition) is 3. The van der Waals surface area contributed by atoms with Crippen molar-refractivity contribution in [3.05, 3.63) is 76.0 Å². The van der Waals surface area contributed by atoms with Crippen molar-refractivity contribution < 1.29 is 4.79 Å². The van der Waals surface area contributed by atoms with Crippen LogP contribution in [0.2, 0.25) is 10.0 Å². The summed E-state index contributed by atoms with van der Waals surface area (Å²) in [6, 6.07) is 14.4. The van der Waals surface area contributed by atoms with Crippen LogP contribution in [0.15, 0.2) is 54.7 Å². The van der Waals surface area contributed by atoms with E-state index in [0.29, 0.717) is 27.0 Å². The molecule has 1 N–H and O–H groups in total. The number of pyridine rings is 1. The van der Waals surface area contributed by atoms with Crippen molar-refractivity contribution in [3.8, 4) is 11.3 Å². The summed E-state index contributed by atoms with van der Waals surface area (Å²) < 4.78 is 1.90. The lowest BCUT2D eigenvalue weighted by molar-refractivity contribution is 0.102. The SMILES string of the molecule is CCn1ncc(-c2cc(C(=O)Nc3ccc(Cl)c(Cl)c3)c3ccccc3n2)c1C. The van der Waals surface area contributed by atoms with E-state index in [9.17, 15) is 4.79 Å². The smallest absolute Gasteiger partial charge is 0.256 e. The lowest BCUT2D eigenvalue weighted by Crippen LogP contribution is -2.13. The standard InChI is InChI=1S/C22H18Cl2N4O/c1-3-28-13(2)17(12-25-28)21-11-16(15-6-4-5-7-20(15)27-21)22(29)26-14-8-9-18(23)19(24)10-14/h4-12H,3H2,1-2H3,(H,26,29). The molecule has 0 aliphatic heterocycles. The lowest BCUT2D eigenvalue weighted by Gasteiger charge is -2.11. The number of para-hydroxylation sites is 1. The van der Waals surface area contributed by atoms with Gasteiger partial charge in [0.2, 0.25) is 0 Å². The van der Waals surface area contributed by atoms with Gasteiger partial charge in [0.05, 0.1) is 33.0 Å². The Balaban J connectivity index is 1.80. The van der Waals surface area contributed by atoms with Crippen LogP contribution in [-0.4, -0.2) is 20.7 Å². The number of amides is 1. The number of nitrogens with zero attached hydrogens (tertiary/aromatic N) is 3. The van der Waals surface area contributed by atoms with Crippen molar-refractivity contribution in [3.63, 3.8) is 0 Å². The van der Waals surface area contributed by atoms with Gasteiger partial charge in [0.25, 0.3) is 5.91 Å². The highest BCUT2D eigenvalue weighted by atomic mass is 35.5. The van der Waals surface area contributed by atoms with Crippen LogP contribution in [0.1, 0.15) is 23.0 Å². The maximum atomic E-state index is 13.1. The van der Waals surface area contributed by atoms with Gasteiger partial charge in [0, 0.05) is 28.9 Å². The third-order valence-electron chi connectivity index (χ3n) is 4.82. The summed E-state index contributed by atoms with van der Waals surface area (Å²) in [6.45, 7) is 4.80. The average molecular weight is 425 g/mol. The van der Waals surface area contributed by atoms with Crippen molar-refractivity contribution in [2.75, 3.05) is 5.32 Å². The summed E-state index contributed by atoms with van der Waals surface area (Å²) in [4.78, 5) is 17.9. The second kappa shape index (κ2) is 7.85. The molecule has 0 bridgehead atoms. The van der Waals surface area contributed by atoms with Crippen molar-refractivity contribution in [1.29, 1.82) is 0 Å². The second-order valence-corrected chi connectivity index (χ2v) is 7.43. The van der Waals surface area contributed by atoms with Crippen LogP contribution in [0.5, 0.6) is 0 Å². The zero-order valence-corrected chi connectivity index (χ0v) is 17.4. The molecular formula is C22H18Cl2N4O. The Kier molecular flexibility index (Phi) is 5.26. The molecule has 146 valence electrons. The molecular weight excluding hydrogens is 407 g/mol. The van der Waals surface area contributed by atoms with E-state index < -0.39 is 0 Å². The van der Waals surface area contributed by atoms with Crippen molar-refractivity contribution in [1.82, 2.24) is 14.8 Å². The Hall–Kier alpha value is -2.89. The molecule has 7 heteroatoms. The minimum atomic E-state index is -0.247. The number of carbonyl (C=O) groups is 1. The Morgan fingerprint density at radius 1 is 1.10 bits per heavy atom. The zero-order chi connectivity index (χ0) is 20.5. The molecule has 2 aromatic carbocycles. The van der Waals surface area contributed by atoms with Gasteiger partial charge in [-0.2, -0.15) is 5.10 Å². The Morgan fingerprint density at radius 3 is 2.62 bits per heavy atom. The van der Waals surface area contributed by atoms with Gasteiger partial charge in [0.15, 0.2) is 0 Å². The molecule has 29 heavy (non-hydrogen) atoms. The molecule has 5 nitrogen and oxygen atoms in total. The number of nitrogens with one attached hydrogen (secondary N) is 1. The molecule has 0 radical (unpaired) electrons. The normalized spacial score (nSPS) is 11.0. The van der Waals surface area contributed by atoms with Crippen LogP contribution in [0.3, 0.4) is 0 Å². The number of fused-ring (bicyclic) bond motifs is 1. The summed E-state index contributed by atoms with van der Waals surface area (Å²) in [5.41, 5.74) is 4.46. The number of rotatable bonds is 4. The summed E-state index contributed by atoms with van der Waals surface area (Å²) >= 11 is 12.0. The summed E-state index contributed by atoms with van der Waals surface area (Å²) in [5, 5.41) is 8.89. The van der Waals surface area contributed by atoms with E-state index in [0.717, 1.165) is 28.7 Å². The number of benzene rings is 2. The minimum absolute atomic E-state index is 0.247. The molecule has 0 fully saturated rings. The number of carbonyl (C=O) groups excluding carboxylic acids is 1. The van der Waals surface area contributed by atoms with Gasteiger partial charge in [-0.05, 0) is 44.2 Å². The first-order chi connectivity index (χ1) is 14.0. The van der Waals surface area contributed by atoms with Crippen molar-refractivity contribution in [2.24, 2.45) is 0 Å². The van der Waals surface area contributed by atoms with Crippen LogP contribution in [0, 0.1) is 6.92 Å². The predicted octanol–water partition coefficient (Wildman–Crippen LogP) is 5.99. The van der Waals surface area contributed by atoms with E-state index in [1.54, 1.807) is 30.5 Å². The summed E-state index contributed by atoms with van der Waals surface area (Å²) in [7, 11) is 0. The highest BCUT2D eigenvalue weighted by Gasteiger charge is 2.17. The number of halogens is 2. The molecule has 4 rings (SSSR count). The molecule has 4 aromatic rings. The number of hydrogen-bond donors (Lipinski definition) is 1. The third kappa shape index (κ3) is 3.71. The quantitative estimate of drug-likeness (QED) is 0.437. The second-order valence-electron chi connectivity index (χ2n) is 6.61. The molecule has 0 spiro atoms. The van der Waals surface area contributed by atoms with Gasteiger partial charge < -0.3 is 5.32 Å². The first-order valence-corrected chi connectivity index (χ1v) is 9.92. The van der Waals surface area contributed by atoms with E-state index >= 15 is 0 Å². The molecule has 0 aliphatic rings. The van der Waals surface area contributed by atoms with Crippen molar-refractivity contribution >= 4 is 45.7 Å². The van der Waals surface area contributed by atoms with Crippen LogP contribution in [0.25, 0.3) is 22.2 Å². The minimum Gasteiger partial charge on any atom is -0.322 e. The highest BCUT2D eigenvalue weighted by Crippen LogP contribution is 2.29. The van der Waals surface area contributed by atoms with Gasteiger partial charge in [-0.1, -0.05) is 41.4 Å². The molecule has 1 amide bonds. The van der Waals surface area contributed by atoms with Crippen LogP contribution in [-0.2, 0) is 6.54 Å². The van der Waals surface area contributed by atoms with E-state index in [1.807, 2.05) is 42.8 Å².